The van der Waals surface area contributed by atoms with E-state index in [1.807, 2.05) is 44.2 Å². The number of fused-ring (bicyclic) bond motifs is 1. The number of benzene rings is 1. The Morgan fingerprint density at radius 1 is 1.28 bits per heavy atom. The summed E-state index contributed by atoms with van der Waals surface area (Å²) in [7, 11) is 0. The fourth-order valence-electron chi connectivity index (χ4n) is 2.60. The first-order valence-electron chi connectivity index (χ1n) is 5.91. The lowest BCUT2D eigenvalue weighted by atomic mass is 9.82. The molecule has 1 aliphatic rings. The third-order valence-electron chi connectivity index (χ3n) is 3.33. The molecule has 1 atom stereocenters. The Kier molecular flexibility index (Phi) is 2.26. The molecular weight excluding hydrogens is 228 g/mol. The molecule has 2 aromatic rings. The zero-order valence-electron chi connectivity index (χ0n) is 10.3. The molecule has 3 rings (SSSR count). The smallest absolute Gasteiger partial charge is 0.258 e. The second-order valence-electron chi connectivity index (χ2n) is 5.00. The van der Waals surface area contributed by atoms with Gasteiger partial charge in [0.2, 0.25) is 5.88 Å². The van der Waals surface area contributed by atoms with Crippen LogP contribution in [0.3, 0.4) is 0 Å². The van der Waals surface area contributed by atoms with Crippen molar-refractivity contribution in [2.24, 2.45) is 0 Å². The van der Waals surface area contributed by atoms with E-state index in [-0.39, 0.29) is 11.5 Å². The van der Waals surface area contributed by atoms with Crippen LogP contribution in [0, 0.1) is 0 Å². The summed E-state index contributed by atoms with van der Waals surface area (Å²) in [5, 5.41) is 0. The van der Waals surface area contributed by atoms with E-state index in [2.05, 4.69) is 9.97 Å². The third kappa shape index (κ3) is 1.53. The molecule has 1 aromatic carbocycles. The number of nitrogens with zero attached hydrogens (tertiary/aromatic N) is 1. The number of nitrogens with one attached hydrogen (secondary N) is 1. The average Bonchev–Trinajstić information content (AvgIpc) is 2.62. The van der Waals surface area contributed by atoms with Gasteiger partial charge in [-0.25, -0.2) is 4.98 Å². The van der Waals surface area contributed by atoms with Crippen LogP contribution in [0.15, 0.2) is 41.5 Å². The van der Waals surface area contributed by atoms with Crippen LogP contribution < -0.4 is 10.3 Å². The van der Waals surface area contributed by atoms with Gasteiger partial charge < -0.3 is 9.72 Å². The first-order chi connectivity index (χ1) is 8.59. The van der Waals surface area contributed by atoms with Gasteiger partial charge in [-0.15, -0.1) is 0 Å². The molecule has 92 valence electrons. The van der Waals surface area contributed by atoms with Crippen molar-refractivity contribution in [2.75, 3.05) is 0 Å². The Morgan fingerprint density at radius 3 is 2.72 bits per heavy atom. The van der Waals surface area contributed by atoms with E-state index < -0.39 is 5.60 Å². The molecule has 2 heterocycles. The van der Waals surface area contributed by atoms with Crippen LogP contribution in [-0.2, 0) is 0 Å². The third-order valence-corrected chi connectivity index (χ3v) is 3.33. The zero-order valence-corrected chi connectivity index (χ0v) is 10.3. The van der Waals surface area contributed by atoms with E-state index in [0.29, 0.717) is 11.4 Å². The predicted octanol–water partition coefficient (Wildman–Crippen LogP) is 2.07. The minimum absolute atomic E-state index is 0.0915. The fraction of sp³-hybridized carbons (Fsp3) is 0.286. The molecule has 4 heteroatoms. The van der Waals surface area contributed by atoms with Crippen molar-refractivity contribution in [1.82, 2.24) is 9.97 Å². The highest BCUT2D eigenvalue weighted by Gasteiger charge is 2.44. The first-order valence-corrected chi connectivity index (χ1v) is 5.91. The minimum Gasteiger partial charge on any atom is -0.470 e. The second-order valence-corrected chi connectivity index (χ2v) is 5.00. The molecule has 1 N–H and O–H groups in total. The summed E-state index contributed by atoms with van der Waals surface area (Å²) in [6.45, 7) is 3.96. The number of H-pyrrole nitrogens is 1. The largest absolute Gasteiger partial charge is 0.470 e. The van der Waals surface area contributed by atoms with Crippen LogP contribution in [0.5, 0.6) is 5.88 Å². The molecule has 0 fully saturated rings. The van der Waals surface area contributed by atoms with Crippen LogP contribution in [0.25, 0.3) is 0 Å². The molecule has 4 nitrogen and oxygen atoms in total. The Bertz CT molecular complexity index is 632. The van der Waals surface area contributed by atoms with Crippen LogP contribution in [0.1, 0.15) is 30.9 Å². The number of hydrogen-bond acceptors (Lipinski definition) is 3. The van der Waals surface area contributed by atoms with Gasteiger partial charge in [-0.05, 0) is 19.4 Å². The lowest BCUT2D eigenvalue weighted by Crippen LogP contribution is -2.32. The van der Waals surface area contributed by atoms with Crippen LogP contribution >= 0.6 is 0 Å². The number of aromatic nitrogens is 2. The average molecular weight is 242 g/mol. The lowest BCUT2D eigenvalue weighted by Gasteiger charge is -2.25. The highest BCUT2D eigenvalue weighted by molar-refractivity contribution is 5.43. The summed E-state index contributed by atoms with van der Waals surface area (Å²) in [6, 6.07) is 9.91. The number of aromatic amines is 1. The number of rotatable bonds is 1. The SMILES string of the molecule is CC1(C)Oc2nc[nH]c(=O)c2[C@H]1c1ccccc1. The molecule has 1 aromatic heterocycles. The van der Waals surface area contributed by atoms with E-state index in [1.165, 1.54) is 6.33 Å². The van der Waals surface area contributed by atoms with Crippen molar-refractivity contribution in [3.63, 3.8) is 0 Å². The summed E-state index contributed by atoms with van der Waals surface area (Å²) >= 11 is 0. The Labute approximate surface area is 105 Å². The second kappa shape index (κ2) is 3.70. The maximum Gasteiger partial charge on any atom is 0.258 e. The van der Waals surface area contributed by atoms with E-state index >= 15 is 0 Å². The van der Waals surface area contributed by atoms with Gasteiger partial charge in [0.15, 0.2) is 0 Å². The van der Waals surface area contributed by atoms with Crippen molar-refractivity contribution in [2.45, 2.75) is 25.4 Å². The van der Waals surface area contributed by atoms with Crippen molar-refractivity contribution in [3.8, 4) is 5.88 Å². The molecule has 0 amide bonds. The molecule has 0 aliphatic carbocycles. The highest BCUT2D eigenvalue weighted by Crippen LogP contribution is 2.44. The molecule has 0 unspecified atom stereocenters. The van der Waals surface area contributed by atoms with Gasteiger partial charge in [0.05, 0.1) is 17.8 Å². The van der Waals surface area contributed by atoms with Gasteiger partial charge >= 0.3 is 0 Å². The quantitative estimate of drug-likeness (QED) is 0.833. The fourth-order valence-corrected chi connectivity index (χ4v) is 2.60. The summed E-state index contributed by atoms with van der Waals surface area (Å²) in [5.74, 6) is 0.351. The Morgan fingerprint density at radius 2 is 2.00 bits per heavy atom. The maximum atomic E-state index is 12.0. The van der Waals surface area contributed by atoms with Crippen molar-refractivity contribution >= 4 is 0 Å². The van der Waals surface area contributed by atoms with Crippen LogP contribution in [0.4, 0.5) is 0 Å². The predicted molar refractivity (Wildman–Crippen MR) is 67.8 cm³/mol. The Balaban J connectivity index is 2.23. The molecule has 0 radical (unpaired) electrons. The van der Waals surface area contributed by atoms with Crippen LogP contribution in [0.2, 0.25) is 0 Å². The first kappa shape index (κ1) is 11.0. The number of hydrogen-bond donors (Lipinski definition) is 1. The summed E-state index contributed by atoms with van der Waals surface area (Å²) in [6.07, 6.45) is 1.38. The number of ether oxygens (including phenoxy) is 1. The monoisotopic (exact) mass is 242 g/mol. The highest BCUT2D eigenvalue weighted by atomic mass is 16.5. The molecular formula is C14H14N2O2. The normalized spacial score (nSPS) is 20.2. The van der Waals surface area contributed by atoms with Gasteiger partial charge in [-0.2, -0.15) is 0 Å². The van der Waals surface area contributed by atoms with Gasteiger partial charge in [0.1, 0.15) is 5.60 Å². The van der Waals surface area contributed by atoms with E-state index in [4.69, 9.17) is 4.74 Å². The molecule has 0 saturated carbocycles. The maximum absolute atomic E-state index is 12.0. The van der Waals surface area contributed by atoms with Gasteiger partial charge in [-0.3, -0.25) is 4.79 Å². The molecule has 0 spiro atoms. The van der Waals surface area contributed by atoms with Gasteiger partial charge in [0, 0.05) is 0 Å². The molecule has 1 aliphatic heterocycles. The topological polar surface area (TPSA) is 55.0 Å². The summed E-state index contributed by atoms with van der Waals surface area (Å²) in [5.41, 5.74) is 1.10. The lowest BCUT2D eigenvalue weighted by molar-refractivity contribution is 0.117. The van der Waals surface area contributed by atoms with Crippen molar-refractivity contribution in [1.29, 1.82) is 0 Å². The van der Waals surface area contributed by atoms with Crippen molar-refractivity contribution in [3.05, 3.63) is 58.1 Å². The zero-order chi connectivity index (χ0) is 12.8. The Hall–Kier alpha value is -2.10. The van der Waals surface area contributed by atoms with Gasteiger partial charge in [0.25, 0.3) is 5.56 Å². The van der Waals surface area contributed by atoms with E-state index in [0.717, 1.165) is 5.56 Å². The van der Waals surface area contributed by atoms with Crippen molar-refractivity contribution < 1.29 is 4.74 Å². The standard InChI is InChI=1S/C14H14N2O2/c1-14(2)11(9-6-4-3-5-7-9)10-12(17)15-8-16-13(10)18-14/h3-8,11H,1-2H3,(H,15,16,17)/t11-/m1/s1. The molecule has 0 saturated heterocycles. The van der Waals surface area contributed by atoms with E-state index in [1.54, 1.807) is 0 Å². The molecule has 18 heavy (non-hydrogen) atoms. The van der Waals surface area contributed by atoms with Crippen LogP contribution in [-0.4, -0.2) is 15.6 Å². The summed E-state index contributed by atoms with van der Waals surface area (Å²) in [4.78, 5) is 18.7. The van der Waals surface area contributed by atoms with Gasteiger partial charge in [-0.1, -0.05) is 30.3 Å². The summed E-state index contributed by atoms with van der Waals surface area (Å²) < 4.78 is 5.81. The molecule has 0 bridgehead atoms. The van der Waals surface area contributed by atoms with E-state index in [9.17, 15) is 4.79 Å². The minimum atomic E-state index is -0.467.